The van der Waals surface area contributed by atoms with Crippen LogP contribution in [0, 0.1) is 20.8 Å². The number of hydrogen-bond donors (Lipinski definition) is 0. The van der Waals surface area contributed by atoms with Gasteiger partial charge >= 0.3 is 0 Å². The van der Waals surface area contributed by atoms with Gasteiger partial charge in [0.2, 0.25) is 0 Å². The van der Waals surface area contributed by atoms with Crippen LogP contribution in [0.3, 0.4) is 0 Å². The smallest absolute Gasteiger partial charge is 0.0737 e. The van der Waals surface area contributed by atoms with E-state index >= 15 is 0 Å². The van der Waals surface area contributed by atoms with Crippen molar-refractivity contribution in [2.75, 3.05) is 0 Å². The van der Waals surface area contributed by atoms with Gasteiger partial charge in [0.05, 0.1) is 0 Å². The number of benzene rings is 1. The second kappa shape index (κ2) is 10.9. The summed E-state index contributed by atoms with van der Waals surface area (Å²) in [6.45, 7) is 14.8. The van der Waals surface area contributed by atoms with Crippen molar-refractivity contribution in [2.45, 2.75) is 105 Å². The Morgan fingerprint density at radius 2 is 1.26 bits per heavy atom. The maximum Gasteiger partial charge on any atom is 0.148 e. The Labute approximate surface area is 146 Å². The fourth-order valence-electron chi connectivity index (χ4n) is 4.30. The summed E-state index contributed by atoms with van der Waals surface area (Å²) in [6.07, 6.45) is 12.3. The van der Waals surface area contributed by atoms with E-state index in [1.165, 1.54) is 74.3 Å². The Balaban J connectivity index is 3.13. The molecule has 130 valence electrons. The van der Waals surface area contributed by atoms with Crippen molar-refractivity contribution in [1.82, 2.24) is 0 Å². The highest BCUT2D eigenvalue weighted by atomic mass is 14.2. The highest BCUT2D eigenvalue weighted by Crippen LogP contribution is 2.35. The van der Waals surface area contributed by atoms with Gasteiger partial charge in [-0.25, -0.2) is 0 Å². The standard InChI is InChI=1S/C22H39B/c1-7-10-13-21(23(14-11-8-2)15-12-9-3)22-19(5)16-18(4)17-20(22)6/h16-17,21H,7-15H2,1-6H3. The Morgan fingerprint density at radius 3 is 1.70 bits per heavy atom. The van der Waals surface area contributed by atoms with E-state index in [4.69, 9.17) is 0 Å². The molecule has 0 radical (unpaired) electrons. The monoisotopic (exact) mass is 314 g/mol. The fraction of sp³-hybridized carbons (Fsp3) is 0.727. The molecule has 1 atom stereocenters. The van der Waals surface area contributed by atoms with Crippen molar-refractivity contribution in [3.8, 4) is 0 Å². The first-order valence-electron chi connectivity index (χ1n) is 10.1. The van der Waals surface area contributed by atoms with Gasteiger partial charge in [0.25, 0.3) is 0 Å². The molecule has 0 saturated carbocycles. The molecule has 0 N–H and O–H groups in total. The summed E-state index contributed by atoms with van der Waals surface area (Å²) in [5.74, 6) is 0.772. The van der Waals surface area contributed by atoms with E-state index in [1.54, 1.807) is 5.56 Å². The average Bonchev–Trinajstić information content (AvgIpc) is 2.50. The predicted molar refractivity (Wildman–Crippen MR) is 108 cm³/mol. The van der Waals surface area contributed by atoms with Gasteiger partial charge in [0, 0.05) is 0 Å². The van der Waals surface area contributed by atoms with Gasteiger partial charge in [-0.05, 0) is 43.3 Å². The number of rotatable bonds is 11. The molecule has 0 aliphatic heterocycles. The van der Waals surface area contributed by atoms with E-state index in [9.17, 15) is 0 Å². The normalized spacial score (nSPS) is 12.4. The lowest BCUT2D eigenvalue weighted by atomic mass is 9.34. The lowest BCUT2D eigenvalue weighted by Gasteiger charge is -2.29. The fourth-order valence-corrected chi connectivity index (χ4v) is 4.30. The maximum absolute atomic E-state index is 2.40. The van der Waals surface area contributed by atoms with Crippen LogP contribution in [0.25, 0.3) is 0 Å². The highest BCUT2D eigenvalue weighted by Gasteiger charge is 2.27. The van der Waals surface area contributed by atoms with Crippen molar-refractivity contribution in [1.29, 1.82) is 0 Å². The minimum absolute atomic E-state index is 0.772. The van der Waals surface area contributed by atoms with E-state index in [0.717, 1.165) is 12.5 Å². The Kier molecular flexibility index (Phi) is 9.68. The Hall–Kier alpha value is -0.715. The van der Waals surface area contributed by atoms with Gasteiger partial charge in [0.15, 0.2) is 0 Å². The summed E-state index contributed by atoms with van der Waals surface area (Å²) in [5, 5.41) is 0. The summed E-state index contributed by atoms with van der Waals surface area (Å²) in [5.41, 5.74) is 6.15. The second-order valence-electron chi connectivity index (χ2n) is 7.61. The van der Waals surface area contributed by atoms with Crippen LogP contribution < -0.4 is 0 Å². The van der Waals surface area contributed by atoms with Crippen molar-refractivity contribution >= 4 is 6.71 Å². The third-order valence-electron chi connectivity index (χ3n) is 5.40. The summed E-state index contributed by atoms with van der Waals surface area (Å²) in [7, 11) is 0. The molecule has 1 unspecified atom stereocenters. The first kappa shape index (κ1) is 20.3. The van der Waals surface area contributed by atoms with E-state index in [1.807, 2.05) is 0 Å². The molecule has 0 saturated heterocycles. The van der Waals surface area contributed by atoms with Gasteiger partial charge in [-0.1, -0.05) is 96.1 Å². The Bertz CT molecular complexity index is 418. The molecule has 0 amide bonds. The lowest BCUT2D eigenvalue weighted by Crippen LogP contribution is -2.25. The van der Waals surface area contributed by atoms with Crippen LogP contribution >= 0.6 is 0 Å². The summed E-state index contributed by atoms with van der Waals surface area (Å²) in [4.78, 5) is 0. The topological polar surface area (TPSA) is 0 Å². The SMILES string of the molecule is CCCCB(CCCC)C(CCCC)c1c(C)cc(C)cc1C. The van der Waals surface area contributed by atoms with Gasteiger partial charge in [-0.15, -0.1) is 0 Å². The van der Waals surface area contributed by atoms with Gasteiger partial charge in [0.1, 0.15) is 6.71 Å². The zero-order valence-electron chi connectivity index (χ0n) is 16.7. The third-order valence-corrected chi connectivity index (χ3v) is 5.40. The molecular formula is C22H39B. The molecule has 23 heavy (non-hydrogen) atoms. The summed E-state index contributed by atoms with van der Waals surface area (Å²) in [6, 6.07) is 4.80. The number of aryl methyl sites for hydroxylation is 3. The van der Waals surface area contributed by atoms with Crippen LogP contribution in [0.4, 0.5) is 0 Å². The van der Waals surface area contributed by atoms with Crippen molar-refractivity contribution in [3.63, 3.8) is 0 Å². The first-order valence-corrected chi connectivity index (χ1v) is 10.1. The van der Waals surface area contributed by atoms with Crippen LogP contribution in [0.5, 0.6) is 0 Å². The zero-order valence-corrected chi connectivity index (χ0v) is 16.7. The van der Waals surface area contributed by atoms with Crippen LogP contribution in [-0.4, -0.2) is 6.71 Å². The molecule has 0 fully saturated rings. The van der Waals surface area contributed by atoms with Crippen molar-refractivity contribution in [2.24, 2.45) is 0 Å². The number of unbranched alkanes of at least 4 members (excludes halogenated alkanes) is 3. The van der Waals surface area contributed by atoms with E-state index in [-0.39, 0.29) is 0 Å². The lowest BCUT2D eigenvalue weighted by molar-refractivity contribution is 0.673. The predicted octanol–water partition coefficient (Wildman–Crippen LogP) is 7.52. The van der Waals surface area contributed by atoms with Gasteiger partial charge in [-0.2, -0.15) is 0 Å². The van der Waals surface area contributed by atoms with Crippen LogP contribution in [0.1, 0.15) is 93.8 Å². The molecule has 0 bridgehead atoms. The van der Waals surface area contributed by atoms with Crippen molar-refractivity contribution in [3.05, 3.63) is 34.4 Å². The van der Waals surface area contributed by atoms with Crippen LogP contribution in [-0.2, 0) is 0 Å². The molecule has 1 heteroatoms. The molecule has 1 aromatic rings. The molecule has 1 aromatic carbocycles. The maximum atomic E-state index is 2.40. The van der Waals surface area contributed by atoms with Gasteiger partial charge in [-0.3, -0.25) is 0 Å². The minimum atomic E-state index is 0.772. The van der Waals surface area contributed by atoms with Crippen LogP contribution in [0.2, 0.25) is 12.6 Å². The average molecular weight is 314 g/mol. The second-order valence-corrected chi connectivity index (χ2v) is 7.61. The molecule has 0 spiro atoms. The third kappa shape index (κ3) is 6.36. The molecule has 0 nitrogen and oxygen atoms in total. The van der Waals surface area contributed by atoms with Crippen molar-refractivity contribution < 1.29 is 0 Å². The molecule has 0 aliphatic carbocycles. The quantitative estimate of drug-likeness (QED) is 0.370. The summed E-state index contributed by atoms with van der Waals surface area (Å²) < 4.78 is 0. The van der Waals surface area contributed by atoms with Crippen LogP contribution in [0.15, 0.2) is 12.1 Å². The molecule has 0 heterocycles. The highest BCUT2D eigenvalue weighted by molar-refractivity contribution is 6.60. The van der Waals surface area contributed by atoms with E-state index < -0.39 is 0 Å². The minimum Gasteiger partial charge on any atom is -0.0737 e. The van der Waals surface area contributed by atoms with E-state index in [2.05, 4.69) is 53.7 Å². The molecule has 0 aliphatic rings. The first-order chi connectivity index (χ1) is 11.0. The molecular weight excluding hydrogens is 275 g/mol. The Morgan fingerprint density at radius 1 is 0.783 bits per heavy atom. The zero-order chi connectivity index (χ0) is 17.2. The van der Waals surface area contributed by atoms with E-state index in [0.29, 0.717) is 0 Å². The largest absolute Gasteiger partial charge is 0.148 e. The molecule has 1 rings (SSSR count). The molecule has 0 aromatic heterocycles. The number of hydrogen-bond acceptors (Lipinski definition) is 0. The summed E-state index contributed by atoms with van der Waals surface area (Å²) >= 11 is 0. The van der Waals surface area contributed by atoms with Gasteiger partial charge < -0.3 is 0 Å².